The number of alkyl halides is 3. The van der Waals surface area contributed by atoms with Gasteiger partial charge in [-0.25, -0.2) is 0 Å². The Kier molecular flexibility index (Phi) is 4.11. The van der Waals surface area contributed by atoms with Crippen LogP contribution in [0.25, 0.3) is 0 Å². The Balaban J connectivity index is 2.50. The number of carbonyl (C=O) groups is 1. The molecule has 2 rings (SSSR count). The van der Waals surface area contributed by atoms with Crippen molar-refractivity contribution in [2.24, 2.45) is 0 Å². The molecule has 2 aromatic rings. The average molecular weight is 297 g/mol. The second-order valence-electron chi connectivity index (χ2n) is 3.96. The third-order valence-corrected chi connectivity index (χ3v) is 2.58. The third kappa shape index (κ3) is 3.50. The van der Waals surface area contributed by atoms with Crippen molar-refractivity contribution in [1.29, 1.82) is 0 Å². The number of carbonyl (C=O) groups excluding carboxylic acids is 1. The van der Waals surface area contributed by atoms with E-state index in [0.717, 1.165) is 0 Å². The Hall–Kier alpha value is -2.57. The number of hydrogen-bond acceptors (Lipinski definition) is 4. The van der Waals surface area contributed by atoms with Gasteiger partial charge in [-0.15, -0.1) is 13.2 Å². The highest BCUT2D eigenvalue weighted by atomic mass is 19.4. The van der Waals surface area contributed by atoms with Crippen molar-refractivity contribution in [3.05, 3.63) is 53.9 Å². The van der Waals surface area contributed by atoms with Crippen LogP contribution in [0.15, 0.2) is 42.7 Å². The molecule has 21 heavy (non-hydrogen) atoms. The molecule has 7 heteroatoms. The van der Waals surface area contributed by atoms with Crippen LogP contribution in [0.1, 0.15) is 15.9 Å². The molecular weight excluding hydrogens is 287 g/mol. The molecule has 110 valence electrons. The highest BCUT2D eigenvalue weighted by molar-refractivity contribution is 6.11. The number of pyridine rings is 1. The van der Waals surface area contributed by atoms with E-state index >= 15 is 0 Å². The Bertz CT molecular complexity index is 642. The van der Waals surface area contributed by atoms with Gasteiger partial charge in [0.05, 0.1) is 12.7 Å². The number of nitrogens with zero attached hydrogens (tertiary/aromatic N) is 1. The summed E-state index contributed by atoms with van der Waals surface area (Å²) in [5, 5.41) is 0. The molecule has 1 heterocycles. The summed E-state index contributed by atoms with van der Waals surface area (Å²) in [7, 11) is 1.19. The molecule has 1 aromatic carbocycles. The molecule has 0 atom stereocenters. The van der Waals surface area contributed by atoms with Crippen molar-refractivity contribution in [3.8, 4) is 11.5 Å². The molecule has 0 aliphatic heterocycles. The van der Waals surface area contributed by atoms with Crippen LogP contribution in [-0.4, -0.2) is 24.2 Å². The monoisotopic (exact) mass is 297 g/mol. The van der Waals surface area contributed by atoms with Crippen molar-refractivity contribution < 1.29 is 27.4 Å². The highest BCUT2D eigenvalue weighted by Gasteiger charge is 2.34. The van der Waals surface area contributed by atoms with Gasteiger partial charge in [-0.2, -0.15) is 0 Å². The fraction of sp³-hybridized carbons (Fsp3) is 0.143. The molecule has 0 N–H and O–H groups in total. The van der Waals surface area contributed by atoms with E-state index in [1.807, 2.05) is 0 Å². The summed E-state index contributed by atoms with van der Waals surface area (Å²) in [6.45, 7) is 0. The number of benzene rings is 1. The summed E-state index contributed by atoms with van der Waals surface area (Å²) in [6, 6.07) is 6.88. The molecule has 4 nitrogen and oxygen atoms in total. The molecule has 1 aromatic heterocycles. The predicted molar refractivity (Wildman–Crippen MR) is 67.3 cm³/mol. The van der Waals surface area contributed by atoms with Crippen molar-refractivity contribution in [3.63, 3.8) is 0 Å². The van der Waals surface area contributed by atoms with E-state index in [1.165, 1.54) is 49.8 Å². The molecule has 0 saturated heterocycles. The quantitative estimate of drug-likeness (QED) is 0.813. The fourth-order valence-corrected chi connectivity index (χ4v) is 1.73. The molecule has 0 radical (unpaired) electrons. The molecular formula is C14H10F3NO3. The van der Waals surface area contributed by atoms with E-state index in [0.29, 0.717) is 0 Å². The normalized spacial score (nSPS) is 11.0. The lowest BCUT2D eigenvalue weighted by Crippen LogP contribution is -2.20. The minimum absolute atomic E-state index is 0.151. The van der Waals surface area contributed by atoms with E-state index in [4.69, 9.17) is 4.74 Å². The van der Waals surface area contributed by atoms with Gasteiger partial charge in [-0.1, -0.05) is 6.07 Å². The first kappa shape index (κ1) is 14.8. The largest absolute Gasteiger partial charge is 0.573 e. The second-order valence-corrected chi connectivity index (χ2v) is 3.96. The zero-order valence-corrected chi connectivity index (χ0v) is 10.8. The summed E-state index contributed by atoms with van der Waals surface area (Å²) in [5.41, 5.74) is -0.0996. The smallest absolute Gasteiger partial charge is 0.493 e. The van der Waals surface area contributed by atoms with E-state index in [-0.39, 0.29) is 16.9 Å². The number of ether oxygens (including phenoxy) is 2. The topological polar surface area (TPSA) is 48.4 Å². The number of halogens is 3. The summed E-state index contributed by atoms with van der Waals surface area (Å²) in [4.78, 5) is 16.0. The number of hydrogen-bond donors (Lipinski definition) is 0. The number of para-hydroxylation sites is 1. The number of aromatic nitrogens is 1. The molecule has 0 aliphatic rings. The second kappa shape index (κ2) is 5.82. The van der Waals surface area contributed by atoms with Gasteiger partial charge in [-0.05, 0) is 24.3 Å². The highest BCUT2D eigenvalue weighted by Crippen LogP contribution is 2.36. The standard InChI is InChI=1S/C14H10F3NO3/c1-20-11-6-2-5-10(13(11)21-14(15,16)17)12(19)9-4-3-7-18-8-9/h2-8H,1H3. The maximum atomic E-state index is 12.5. The number of ketones is 1. The minimum atomic E-state index is -4.93. The van der Waals surface area contributed by atoms with Gasteiger partial charge in [0.25, 0.3) is 0 Å². The zero-order chi connectivity index (χ0) is 15.5. The maximum Gasteiger partial charge on any atom is 0.573 e. The first-order chi connectivity index (χ1) is 9.92. The first-order valence-corrected chi connectivity index (χ1v) is 5.80. The van der Waals surface area contributed by atoms with E-state index < -0.39 is 17.9 Å². The van der Waals surface area contributed by atoms with Crippen molar-refractivity contribution in [1.82, 2.24) is 4.98 Å². The van der Waals surface area contributed by atoms with Crippen LogP contribution in [0, 0.1) is 0 Å². The molecule has 0 bridgehead atoms. The number of methoxy groups -OCH3 is 1. The van der Waals surface area contributed by atoms with Gasteiger partial charge >= 0.3 is 6.36 Å². The lowest BCUT2D eigenvalue weighted by molar-refractivity contribution is -0.275. The Labute approximate surface area is 118 Å². The molecule has 0 amide bonds. The molecule has 0 unspecified atom stereocenters. The van der Waals surface area contributed by atoms with Gasteiger partial charge in [0.1, 0.15) is 0 Å². The lowest BCUT2D eigenvalue weighted by Gasteiger charge is -2.15. The number of rotatable bonds is 4. The molecule has 0 aliphatic carbocycles. The van der Waals surface area contributed by atoms with Crippen molar-refractivity contribution >= 4 is 5.78 Å². The molecule has 0 fully saturated rings. The van der Waals surface area contributed by atoms with Gasteiger partial charge in [0.2, 0.25) is 0 Å². The van der Waals surface area contributed by atoms with Crippen LogP contribution < -0.4 is 9.47 Å². The first-order valence-electron chi connectivity index (χ1n) is 5.80. The van der Waals surface area contributed by atoms with Gasteiger partial charge in [0, 0.05) is 18.0 Å². The third-order valence-electron chi connectivity index (χ3n) is 2.58. The minimum Gasteiger partial charge on any atom is -0.493 e. The zero-order valence-electron chi connectivity index (χ0n) is 10.8. The summed E-state index contributed by atoms with van der Waals surface area (Å²) in [6.07, 6.45) is -2.22. The molecule has 0 saturated carbocycles. The fourth-order valence-electron chi connectivity index (χ4n) is 1.73. The average Bonchev–Trinajstić information content (AvgIpc) is 2.46. The van der Waals surface area contributed by atoms with Gasteiger partial charge < -0.3 is 9.47 Å². The van der Waals surface area contributed by atoms with E-state index in [9.17, 15) is 18.0 Å². The van der Waals surface area contributed by atoms with Crippen LogP contribution >= 0.6 is 0 Å². The van der Waals surface area contributed by atoms with Crippen LogP contribution in [0.2, 0.25) is 0 Å². The van der Waals surface area contributed by atoms with E-state index in [2.05, 4.69) is 9.72 Å². The van der Waals surface area contributed by atoms with Crippen LogP contribution in [0.5, 0.6) is 11.5 Å². The Morgan fingerprint density at radius 1 is 1.19 bits per heavy atom. The summed E-state index contributed by atoms with van der Waals surface area (Å²) < 4.78 is 46.3. The van der Waals surface area contributed by atoms with Gasteiger partial charge in [-0.3, -0.25) is 9.78 Å². The maximum absolute atomic E-state index is 12.5. The molecule has 0 spiro atoms. The Morgan fingerprint density at radius 2 is 1.95 bits per heavy atom. The summed E-state index contributed by atoms with van der Waals surface area (Å²) >= 11 is 0. The van der Waals surface area contributed by atoms with Crippen LogP contribution in [0.3, 0.4) is 0 Å². The lowest BCUT2D eigenvalue weighted by atomic mass is 10.0. The predicted octanol–water partition coefficient (Wildman–Crippen LogP) is 3.22. The van der Waals surface area contributed by atoms with Crippen molar-refractivity contribution in [2.75, 3.05) is 7.11 Å². The summed E-state index contributed by atoms with van der Waals surface area (Å²) in [5.74, 6) is -1.48. The van der Waals surface area contributed by atoms with Crippen LogP contribution in [0.4, 0.5) is 13.2 Å². The Morgan fingerprint density at radius 3 is 2.52 bits per heavy atom. The SMILES string of the molecule is COc1cccc(C(=O)c2cccnc2)c1OC(F)(F)F. The van der Waals surface area contributed by atoms with E-state index in [1.54, 1.807) is 0 Å². The van der Waals surface area contributed by atoms with Gasteiger partial charge in [0.15, 0.2) is 17.3 Å². The van der Waals surface area contributed by atoms with Crippen molar-refractivity contribution in [2.45, 2.75) is 6.36 Å². The van der Waals surface area contributed by atoms with Crippen LogP contribution in [-0.2, 0) is 0 Å².